The predicted molar refractivity (Wildman–Crippen MR) is 59.2 cm³/mol. The summed E-state index contributed by atoms with van der Waals surface area (Å²) >= 11 is 0. The number of carbonyl (C=O) groups is 1. The van der Waals surface area contributed by atoms with Crippen LogP contribution in [0.5, 0.6) is 0 Å². The molecular weight excluding hydrogens is 190 g/mol. The van der Waals surface area contributed by atoms with E-state index >= 15 is 0 Å². The van der Waals surface area contributed by atoms with Crippen LogP contribution in [0.4, 0.5) is 0 Å². The fraction of sp³-hybridized carbons (Fsp3) is 0.909. The number of hydrazine groups is 1. The number of carbonyl (C=O) groups excluding carboxylic acids is 1. The zero-order valence-electron chi connectivity index (χ0n) is 9.46. The Morgan fingerprint density at radius 2 is 1.93 bits per heavy atom. The molecule has 0 radical (unpaired) electrons. The van der Waals surface area contributed by atoms with Crippen LogP contribution in [0.2, 0.25) is 0 Å². The van der Waals surface area contributed by atoms with Crippen molar-refractivity contribution in [3.63, 3.8) is 0 Å². The van der Waals surface area contributed by atoms with Gasteiger partial charge in [0.15, 0.2) is 0 Å². The first-order valence-corrected chi connectivity index (χ1v) is 6.07. The predicted octanol–water partition coefficient (Wildman–Crippen LogP) is 0.644. The molecule has 1 saturated heterocycles. The summed E-state index contributed by atoms with van der Waals surface area (Å²) in [7, 11) is 0. The van der Waals surface area contributed by atoms with Gasteiger partial charge in [0.2, 0.25) is 5.91 Å². The monoisotopic (exact) mass is 211 g/mol. The van der Waals surface area contributed by atoms with Crippen LogP contribution in [-0.2, 0) is 4.79 Å². The zero-order valence-corrected chi connectivity index (χ0v) is 9.46. The average Bonchev–Trinajstić information content (AvgIpc) is 3.03. The van der Waals surface area contributed by atoms with E-state index in [0.29, 0.717) is 6.04 Å². The molecule has 0 aromatic carbocycles. The molecule has 2 fully saturated rings. The normalized spacial score (nSPS) is 24.9. The van der Waals surface area contributed by atoms with Crippen molar-refractivity contribution in [3.05, 3.63) is 0 Å². The maximum Gasteiger partial charge on any atom is 0.238 e. The van der Waals surface area contributed by atoms with Crippen molar-refractivity contribution >= 4 is 5.91 Å². The van der Waals surface area contributed by atoms with Crippen LogP contribution in [0.3, 0.4) is 0 Å². The maximum absolute atomic E-state index is 11.7. The van der Waals surface area contributed by atoms with E-state index in [9.17, 15) is 4.79 Å². The van der Waals surface area contributed by atoms with Crippen molar-refractivity contribution < 1.29 is 4.79 Å². The maximum atomic E-state index is 11.7. The zero-order chi connectivity index (χ0) is 10.7. The van der Waals surface area contributed by atoms with Crippen LogP contribution in [0.25, 0.3) is 0 Å². The molecule has 2 rings (SSSR count). The summed E-state index contributed by atoms with van der Waals surface area (Å²) in [6, 6.07) is 0.367. The summed E-state index contributed by atoms with van der Waals surface area (Å²) in [6.07, 6.45) is 6.11. The van der Waals surface area contributed by atoms with Crippen molar-refractivity contribution in [2.24, 2.45) is 0 Å². The van der Waals surface area contributed by atoms with E-state index in [1.165, 1.54) is 19.3 Å². The van der Waals surface area contributed by atoms with E-state index in [2.05, 4.69) is 15.8 Å². The largest absolute Gasteiger partial charge is 0.352 e. The Labute approximate surface area is 91.4 Å². The fourth-order valence-electron chi connectivity index (χ4n) is 1.91. The van der Waals surface area contributed by atoms with Gasteiger partial charge in [-0.2, -0.15) is 0 Å². The summed E-state index contributed by atoms with van der Waals surface area (Å²) < 4.78 is 0. The third-order valence-electron chi connectivity index (χ3n) is 3.05. The van der Waals surface area contributed by atoms with E-state index in [4.69, 9.17) is 0 Å². The second kappa shape index (κ2) is 4.94. The highest BCUT2D eigenvalue weighted by molar-refractivity contribution is 5.81. The van der Waals surface area contributed by atoms with Gasteiger partial charge in [0.05, 0.1) is 6.04 Å². The van der Waals surface area contributed by atoms with Gasteiger partial charge in [0.25, 0.3) is 0 Å². The Bertz CT molecular complexity index is 222. The molecule has 4 nitrogen and oxygen atoms in total. The van der Waals surface area contributed by atoms with E-state index in [-0.39, 0.29) is 11.9 Å². The smallest absolute Gasteiger partial charge is 0.238 e. The lowest BCUT2D eigenvalue weighted by molar-refractivity contribution is -0.124. The van der Waals surface area contributed by atoms with Gasteiger partial charge in [-0.1, -0.05) is 6.42 Å². The summed E-state index contributed by atoms with van der Waals surface area (Å²) in [5.74, 6) is 0.142. The molecule has 0 spiro atoms. The molecule has 2 aliphatic rings. The van der Waals surface area contributed by atoms with E-state index in [0.717, 1.165) is 25.9 Å². The molecule has 86 valence electrons. The standard InChI is InChI=1S/C11H21N3O/c1-9(11(15)12-10-5-6-10)13-14-7-3-2-4-8-14/h9-10,13H,2-8H2,1H3,(H,12,15). The summed E-state index contributed by atoms with van der Waals surface area (Å²) in [6.45, 7) is 4.08. The van der Waals surface area contributed by atoms with Gasteiger partial charge < -0.3 is 5.32 Å². The highest BCUT2D eigenvalue weighted by atomic mass is 16.2. The SMILES string of the molecule is CC(NN1CCCCC1)C(=O)NC1CC1. The van der Waals surface area contributed by atoms with Crippen molar-refractivity contribution in [2.45, 2.75) is 51.1 Å². The first-order chi connectivity index (χ1) is 7.25. The molecule has 0 aromatic rings. The number of piperidine rings is 1. The van der Waals surface area contributed by atoms with Crippen LogP contribution in [0.15, 0.2) is 0 Å². The van der Waals surface area contributed by atoms with Crippen molar-refractivity contribution in [1.29, 1.82) is 0 Å². The highest BCUT2D eigenvalue weighted by Crippen LogP contribution is 2.18. The number of rotatable bonds is 4. The molecule has 1 heterocycles. The number of hydrogen-bond donors (Lipinski definition) is 2. The Morgan fingerprint density at radius 3 is 2.53 bits per heavy atom. The Morgan fingerprint density at radius 1 is 1.27 bits per heavy atom. The number of amides is 1. The van der Waals surface area contributed by atoms with Gasteiger partial charge in [-0.3, -0.25) is 4.79 Å². The van der Waals surface area contributed by atoms with Crippen molar-refractivity contribution in [3.8, 4) is 0 Å². The first-order valence-electron chi connectivity index (χ1n) is 6.07. The molecule has 1 amide bonds. The molecule has 1 aliphatic heterocycles. The van der Waals surface area contributed by atoms with Gasteiger partial charge in [-0.25, -0.2) is 10.4 Å². The molecule has 0 bridgehead atoms. The van der Waals surface area contributed by atoms with Crippen molar-refractivity contribution in [1.82, 2.24) is 15.8 Å². The minimum atomic E-state index is -0.0938. The summed E-state index contributed by atoms with van der Waals surface area (Å²) in [5, 5.41) is 5.20. The van der Waals surface area contributed by atoms with Gasteiger partial charge in [-0.15, -0.1) is 0 Å². The van der Waals surface area contributed by atoms with Crippen LogP contribution in [0.1, 0.15) is 39.0 Å². The summed E-state index contributed by atoms with van der Waals surface area (Å²) in [5.41, 5.74) is 3.27. The highest BCUT2D eigenvalue weighted by Gasteiger charge is 2.26. The second-order valence-corrected chi connectivity index (χ2v) is 4.68. The first kappa shape index (κ1) is 10.9. The number of nitrogens with zero attached hydrogens (tertiary/aromatic N) is 1. The molecule has 15 heavy (non-hydrogen) atoms. The molecule has 2 N–H and O–H groups in total. The Kier molecular flexibility index (Phi) is 3.59. The van der Waals surface area contributed by atoms with Crippen LogP contribution in [0, 0.1) is 0 Å². The molecule has 1 unspecified atom stereocenters. The fourth-order valence-corrected chi connectivity index (χ4v) is 1.91. The van der Waals surface area contributed by atoms with Crippen LogP contribution < -0.4 is 10.7 Å². The molecule has 1 aliphatic carbocycles. The van der Waals surface area contributed by atoms with Crippen LogP contribution >= 0.6 is 0 Å². The topological polar surface area (TPSA) is 44.4 Å². The van der Waals surface area contributed by atoms with Gasteiger partial charge in [0, 0.05) is 19.1 Å². The molecule has 0 aromatic heterocycles. The lowest BCUT2D eigenvalue weighted by Gasteiger charge is -2.29. The minimum absolute atomic E-state index is 0.0938. The lowest BCUT2D eigenvalue weighted by Crippen LogP contribution is -2.52. The van der Waals surface area contributed by atoms with E-state index in [1.54, 1.807) is 0 Å². The van der Waals surface area contributed by atoms with E-state index in [1.807, 2.05) is 6.92 Å². The number of nitrogens with one attached hydrogen (secondary N) is 2. The third-order valence-corrected chi connectivity index (χ3v) is 3.05. The Hall–Kier alpha value is -0.610. The third kappa shape index (κ3) is 3.47. The molecule has 1 atom stereocenters. The molecule has 4 heteroatoms. The Balaban J connectivity index is 1.69. The molecular formula is C11H21N3O. The van der Waals surface area contributed by atoms with Gasteiger partial charge >= 0.3 is 0 Å². The van der Waals surface area contributed by atoms with Crippen molar-refractivity contribution in [2.75, 3.05) is 13.1 Å². The lowest BCUT2D eigenvalue weighted by atomic mass is 10.2. The minimum Gasteiger partial charge on any atom is -0.352 e. The molecule has 1 saturated carbocycles. The average molecular weight is 211 g/mol. The number of hydrogen-bond acceptors (Lipinski definition) is 3. The summed E-state index contributed by atoms with van der Waals surface area (Å²) in [4.78, 5) is 11.7. The van der Waals surface area contributed by atoms with Crippen LogP contribution in [-0.4, -0.2) is 36.1 Å². The van der Waals surface area contributed by atoms with E-state index < -0.39 is 0 Å². The second-order valence-electron chi connectivity index (χ2n) is 4.68. The van der Waals surface area contributed by atoms with Gasteiger partial charge in [-0.05, 0) is 32.6 Å². The van der Waals surface area contributed by atoms with Gasteiger partial charge in [0.1, 0.15) is 0 Å². The quantitative estimate of drug-likeness (QED) is 0.717.